The number of benzene rings is 6. The Morgan fingerprint density at radius 1 is 0.467 bits per heavy atom. The number of halogens is 5. The predicted molar refractivity (Wildman–Crippen MR) is 167 cm³/mol. The van der Waals surface area contributed by atoms with Crippen molar-refractivity contribution in [2.45, 2.75) is 0 Å². The third-order valence-electron chi connectivity index (χ3n) is 8.33. The summed E-state index contributed by atoms with van der Waals surface area (Å²) in [5, 5.41) is 3.73. The minimum atomic E-state index is -2.24. The average molecular weight is 600 g/mol. The van der Waals surface area contributed by atoms with Crippen molar-refractivity contribution in [3.63, 3.8) is 0 Å². The lowest BCUT2D eigenvalue weighted by atomic mass is 10.00. The average Bonchev–Trinajstić information content (AvgIpc) is 3.59. The van der Waals surface area contributed by atoms with Gasteiger partial charge < -0.3 is 9.13 Å². The zero-order valence-electron chi connectivity index (χ0n) is 23.1. The van der Waals surface area contributed by atoms with E-state index in [4.69, 9.17) is 6.57 Å². The maximum atomic E-state index is 15.2. The molecular formula is C37H18F5N3. The van der Waals surface area contributed by atoms with Crippen LogP contribution in [0.5, 0.6) is 0 Å². The smallest absolute Gasteiger partial charge is 0.211 e. The summed E-state index contributed by atoms with van der Waals surface area (Å²) >= 11 is 0. The highest BCUT2D eigenvalue weighted by atomic mass is 19.2. The molecule has 0 aliphatic rings. The molecule has 0 amide bonds. The molecule has 0 radical (unpaired) electrons. The van der Waals surface area contributed by atoms with Crippen molar-refractivity contribution in [1.82, 2.24) is 9.13 Å². The predicted octanol–water partition coefficient (Wildman–Crippen LogP) is 10.8. The summed E-state index contributed by atoms with van der Waals surface area (Å²) in [4.78, 5) is 3.59. The molecule has 2 heterocycles. The summed E-state index contributed by atoms with van der Waals surface area (Å²) in [7, 11) is 0. The topological polar surface area (TPSA) is 14.2 Å². The molecule has 0 saturated heterocycles. The van der Waals surface area contributed by atoms with Gasteiger partial charge in [0.25, 0.3) is 0 Å². The third kappa shape index (κ3) is 3.67. The van der Waals surface area contributed by atoms with E-state index in [9.17, 15) is 13.2 Å². The van der Waals surface area contributed by atoms with Crippen molar-refractivity contribution in [2.75, 3.05) is 0 Å². The number of nitrogens with zero attached hydrogens (tertiary/aromatic N) is 3. The molecule has 0 fully saturated rings. The van der Waals surface area contributed by atoms with Crippen LogP contribution in [0.3, 0.4) is 0 Å². The molecule has 0 aliphatic heterocycles. The number of para-hydroxylation sites is 4. The zero-order chi connectivity index (χ0) is 31.0. The lowest BCUT2D eigenvalue weighted by Crippen LogP contribution is -2.06. The van der Waals surface area contributed by atoms with Crippen molar-refractivity contribution in [1.29, 1.82) is 0 Å². The fraction of sp³-hybridized carbons (Fsp3) is 0. The van der Waals surface area contributed by atoms with E-state index in [1.807, 2.05) is 66.7 Å². The van der Waals surface area contributed by atoms with Crippen LogP contribution >= 0.6 is 0 Å². The molecule has 8 heteroatoms. The van der Waals surface area contributed by atoms with Gasteiger partial charge in [-0.25, -0.2) is 26.8 Å². The highest BCUT2D eigenvalue weighted by Crippen LogP contribution is 2.44. The first kappa shape index (κ1) is 26.7. The normalized spacial score (nSPS) is 11.6. The van der Waals surface area contributed by atoms with Gasteiger partial charge in [-0.2, -0.15) is 0 Å². The fourth-order valence-electron chi connectivity index (χ4n) is 6.44. The van der Waals surface area contributed by atoms with Gasteiger partial charge in [-0.15, -0.1) is 0 Å². The van der Waals surface area contributed by atoms with Gasteiger partial charge in [-0.3, -0.25) is 0 Å². The van der Waals surface area contributed by atoms with Crippen LogP contribution in [0.4, 0.5) is 27.6 Å². The van der Waals surface area contributed by atoms with E-state index in [0.717, 1.165) is 38.3 Å². The highest BCUT2D eigenvalue weighted by molar-refractivity contribution is 6.13. The summed E-state index contributed by atoms with van der Waals surface area (Å²) in [6.07, 6.45) is 0. The summed E-state index contributed by atoms with van der Waals surface area (Å²) in [6.45, 7) is 7.88. The first-order valence-electron chi connectivity index (χ1n) is 13.9. The number of rotatable bonds is 3. The molecule has 0 bridgehead atoms. The number of aromatic nitrogens is 2. The van der Waals surface area contributed by atoms with Gasteiger partial charge in [0.15, 0.2) is 23.3 Å². The van der Waals surface area contributed by atoms with Crippen LogP contribution in [0.2, 0.25) is 0 Å². The minimum Gasteiger partial charge on any atom is -0.318 e. The molecule has 0 unspecified atom stereocenters. The zero-order valence-corrected chi connectivity index (χ0v) is 23.1. The second kappa shape index (κ2) is 9.79. The Hall–Kier alpha value is -5.94. The second-order valence-electron chi connectivity index (χ2n) is 10.7. The van der Waals surface area contributed by atoms with Crippen LogP contribution in [0.25, 0.3) is 71.0 Å². The van der Waals surface area contributed by atoms with E-state index in [-0.39, 0.29) is 16.9 Å². The molecule has 2 aromatic heterocycles. The summed E-state index contributed by atoms with van der Waals surface area (Å²) in [5.41, 5.74) is 2.64. The van der Waals surface area contributed by atoms with E-state index in [1.54, 1.807) is 16.7 Å². The van der Waals surface area contributed by atoms with Crippen LogP contribution in [0.15, 0.2) is 109 Å². The van der Waals surface area contributed by atoms with Crippen LogP contribution in [-0.4, -0.2) is 9.13 Å². The summed E-state index contributed by atoms with van der Waals surface area (Å²) in [5.74, 6) is -10.3. The van der Waals surface area contributed by atoms with Crippen molar-refractivity contribution < 1.29 is 22.0 Å². The molecule has 0 saturated carbocycles. The fourth-order valence-corrected chi connectivity index (χ4v) is 6.44. The molecule has 216 valence electrons. The lowest BCUT2D eigenvalue weighted by Gasteiger charge is -2.17. The van der Waals surface area contributed by atoms with Gasteiger partial charge in [0.1, 0.15) is 0 Å². The molecular weight excluding hydrogens is 581 g/mol. The monoisotopic (exact) mass is 599 g/mol. The van der Waals surface area contributed by atoms with Gasteiger partial charge >= 0.3 is 0 Å². The molecule has 3 nitrogen and oxygen atoms in total. The molecule has 8 rings (SSSR count). The first-order valence-corrected chi connectivity index (χ1v) is 13.9. The summed E-state index contributed by atoms with van der Waals surface area (Å²) < 4.78 is 77.1. The second-order valence-corrected chi connectivity index (χ2v) is 10.7. The SMILES string of the molecule is [C-]#[N+]c1cccc(-c2c(F)c(F)c(F)c(F)c2F)c1-n1c2ccccc2c2cc(-n3c4ccccc4c4ccccc43)ccc21. The van der Waals surface area contributed by atoms with E-state index in [1.165, 1.54) is 18.2 Å². The number of hydrogen-bond acceptors (Lipinski definition) is 0. The Morgan fingerprint density at radius 2 is 0.956 bits per heavy atom. The Balaban J connectivity index is 1.48. The van der Waals surface area contributed by atoms with Crippen molar-refractivity contribution in [3.05, 3.63) is 150 Å². The molecule has 0 N–H and O–H groups in total. The largest absolute Gasteiger partial charge is 0.318 e. The molecule has 6 aromatic carbocycles. The standard InChI is InChI=1S/C37H18F5N3/c1-43-26-13-8-12-24(31-32(38)34(40)36(42)35(41)33(31)39)37(26)45-29-16-7-4-11-23(29)25-19-20(17-18-30(25)45)44-27-14-5-2-9-21(27)22-10-3-6-15-28(22)44/h2-19H. The number of fused-ring (bicyclic) bond motifs is 6. The third-order valence-corrected chi connectivity index (χ3v) is 8.33. The van der Waals surface area contributed by atoms with Gasteiger partial charge in [0, 0.05) is 32.8 Å². The van der Waals surface area contributed by atoms with E-state index >= 15 is 8.78 Å². The van der Waals surface area contributed by atoms with Gasteiger partial charge in [-0.05, 0) is 36.4 Å². The first-order chi connectivity index (χ1) is 21.9. The molecule has 0 atom stereocenters. The Kier molecular flexibility index (Phi) is 5.80. The molecule has 0 spiro atoms. The Labute approximate surface area is 252 Å². The van der Waals surface area contributed by atoms with Gasteiger partial charge in [0.2, 0.25) is 11.5 Å². The van der Waals surface area contributed by atoms with Crippen molar-refractivity contribution in [2.24, 2.45) is 0 Å². The van der Waals surface area contributed by atoms with Crippen molar-refractivity contribution in [3.8, 4) is 22.5 Å². The minimum absolute atomic E-state index is 0.00604. The lowest BCUT2D eigenvalue weighted by molar-refractivity contribution is 0.381. The van der Waals surface area contributed by atoms with Crippen LogP contribution < -0.4 is 0 Å². The van der Waals surface area contributed by atoms with E-state index in [0.29, 0.717) is 11.0 Å². The van der Waals surface area contributed by atoms with Crippen molar-refractivity contribution >= 4 is 49.3 Å². The quantitative estimate of drug-likeness (QED) is 0.0830. The van der Waals surface area contributed by atoms with Gasteiger partial charge in [-0.1, -0.05) is 72.8 Å². The Bertz CT molecular complexity index is 2490. The maximum absolute atomic E-state index is 15.2. The maximum Gasteiger partial charge on any atom is 0.211 e. The molecule has 45 heavy (non-hydrogen) atoms. The van der Waals surface area contributed by atoms with Gasteiger partial charge in [0.05, 0.1) is 39.9 Å². The highest BCUT2D eigenvalue weighted by Gasteiger charge is 2.30. The Morgan fingerprint density at radius 3 is 1.53 bits per heavy atom. The van der Waals surface area contributed by atoms with Crippen LogP contribution in [0, 0.1) is 35.7 Å². The van der Waals surface area contributed by atoms with Crippen LogP contribution in [0.1, 0.15) is 0 Å². The molecule has 0 aliphatic carbocycles. The van der Waals surface area contributed by atoms with E-state index < -0.39 is 34.6 Å². The van der Waals surface area contributed by atoms with E-state index in [2.05, 4.69) is 21.5 Å². The number of hydrogen-bond donors (Lipinski definition) is 0. The molecule has 8 aromatic rings. The summed E-state index contributed by atoms with van der Waals surface area (Å²) in [6, 6.07) is 33.3. The van der Waals surface area contributed by atoms with Crippen LogP contribution in [-0.2, 0) is 0 Å².